The summed E-state index contributed by atoms with van der Waals surface area (Å²) in [5, 5.41) is 10.8. The van der Waals surface area contributed by atoms with Crippen LogP contribution in [0.4, 0.5) is 5.69 Å². The normalized spacial score (nSPS) is 38.4. The summed E-state index contributed by atoms with van der Waals surface area (Å²) in [7, 11) is 0. The third-order valence-electron chi connectivity index (χ3n) is 8.73. The van der Waals surface area contributed by atoms with Crippen LogP contribution in [0, 0.1) is 18.8 Å². The molecule has 4 heteroatoms. The molecule has 6 aliphatic rings. The number of benzene rings is 1. The predicted octanol–water partition coefficient (Wildman–Crippen LogP) is 3.99. The first-order valence-corrected chi connectivity index (χ1v) is 11.8. The summed E-state index contributed by atoms with van der Waals surface area (Å²) < 4.78 is 0. The van der Waals surface area contributed by atoms with Crippen molar-refractivity contribution in [3.63, 3.8) is 0 Å². The number of anilines is 1. The van der Waals surface area contributed by atoms with Gasteiger partial charge in [0.05, 0.1) is 5.60 Å². The summed E-state index contributed by atoms with van der Waals surface area (Å²) in [5.41, 5.74) is 3.82. The molecule has 1 aromatic rings. The number of hydrogen-bond donors (Lipinski definition) is 1. The van der Waals surface area contributed by atoms with Crippen molar-refractivity contribution in [3.8, 4) is 0 Å². The lowest BCUT2D eigenvalue weighted by Crippen LogP contribution is -2.65. The SMILES string of the molecule is Cc1cccc2c1C(C(C)CC(=O)N1C3CC4CC1CC(O)(C4)C3)CN2C1CC1. The molecular weight excluding hydrogens is 360 g/mol. The van der Waals surface area contributed by atoms with E-state index in [1.165, 1.54) is 29.7 Å². The summed E-state index contributed by atoms with van der Waals surface area (Å²) in [6.45, 7) is 5.60. The van der Waals surface area contributed by atoms with Crippen LogP contribution in [-0.2, 0) is 4.79 Å². The Bertz CT molecular complexity index is 831. The highest BCUT2D eigenvalue weighted by Crippen LogP contribution is 2.52. The molecule has 156 valence electrons. The van der Waals surface area contributed by atoms with Crippen LogP contribution in [0.3, 0.4) is 0 Å². The van der Waals surface area contributed by atoms with Crippen LogP contribution in [0.5, 0.6) is 0 Å². The van der Waals surface area contributed by atoms with Crippen LogP contribution >= 0.6 is 0 Å². The number of carbonyl (C=O) groups is 1. The van der Waals surface area contributed by atoms with Gasteiger partial charge in [0.2, 0.25) is 5.91 Å². The molecule has 0 radical (unpaired) electrons. The minimum Gasteiger partial charge on any atom is -0.390 e. The first kappa shape index (κ1) is 18.2. The number of piperidine rings is 2. The summed E-state index contributed by atoms with van der Waals surface area (Å²) in [6.07, 6.45) is 8.07. The molecule has 5 fully saturated rings. The number of nitrogens with zero attached hydrogens (tertiary/aromatic N) is 2. The maximum atomic E-state index is 13.5. The zero-order valence-electron chi connectivity index (χ0n) is 17.8. The van der Waals surface area contributed by atoms with Crippen molar-refractivity contribution in [2.24, 2.45) is 11.8 Å². The van der Waals surface area contributed by atoms with E-state index in [-0.39, 0.29) is 12.1 Å². The van der Waals surface area contributed by atoms with Crippen molar-refractivity contribution in [2.75, 3.05) is 11.4 Å². The molecule has 1 aromatic carbocycles. The van der Waals surface area contributed by atoms with Gasteiger partial charge in [-0.3, -0.25) is 4.79 Å². The Morgan fingerprint density at radius 2 is 1.90 bits per heavy atom. The van der Waals surface area contributed by atoms with Crippen LogP contribution in [-0.4, -0.2) is 46.2 Å². The number of aliphatic hydroxyl groups is 1. The van der Waals surface area contributed by atoms with Gasteiger partial charge in [-0.15, -0.1) is 0 Å². The largest absolute Gasteiger partial charge is 0.390 e. The molecule has 7 rings (SSSR count). The average molecular weight is 395 g/mol. The smallest absolute Gasteiger partial charge is 0.223 e. The van der Waals surface area contributed by atoms with Gasteiger partial charge in [-0.05, 0) is 80.9 Å². The van der Waals surface area contributed by atoms with Gasteiger partial charge >= 0.3 is 0 Å². The molecule has 3 saturated carbocycles. The number of rotatable bonds is 4. The van der Waals surface area contributed by atoms with Crippen LogP contribution in [0.25, 0.3) is 0 Å². The van der Waals surface area contributed by atoms with Crippen molar-refractivity contribution in [1.29, 1.82) is 0 Å². The summed E-state index contributed by atoms with van der Waals surface area (Å²) >= 11 is 0. The van der Waals surface area contributed by atoms with Gasteiger partial charge in [-0.2, -0.15) is 0 Å². The lowest BCUT2D eigenvalue weighted by Gasteiger charge is -2.59. The topological polar surface area (TPSA) is 43.8 Å². The molecule has 29 heavy (non-hydrogen) atoms. The molecule has 4 nitrogen and oxygen atoms in total. The monoisotopic (exact) mass is 394 g/mol. The molecular formula is C25H34N2O2. The zero-order valence-corrected chi connectivity index (χ0v) is 17.8. The maximum absolute atomic E-state index is 13.5. The second-order valence-electron chi connectivity index (χ2n) is 11.0. The quantitative estimate of drug-likeness (QED) is 0.840. The van der Waals surface area contributed by atoms with Crippen LogP contribution in [0.15, 0.2) is 18.2 Å². The van der Waals surface area contributed by atoms with Crippen molar-refractivity contribution in [3.05, 3.63) is 29.3 Å². The highest BCUT2D eigenvalue weighted by Gasteiger charge is 2.55. The molecule has 1 amide bonds. The highest BCUT2D eigenvalue weighted by molar-refractivity contribution is 5.78. The minimum absolute atomic E-state index is 0.284. The van der Waals surface area contributed by atoms with Gasteiger partial charge in [0.15, 0.2) is 0 Å². The number of amides is 1. The van der Waals surface area contributed by atoms with E-state index in [4.69, 9.17) is 0 Å². The Hall–Kier alpha value is -1.55. The van der Waals surface area contributed by atoms with E-state index in [1.807, 2.05) is 0 Å². The van der Waals surface area contributed by atoms with Crippen LogP contribution in [0.1, 0.15) is 75.3 Å². The molecule has 3 aliphatic heterocycles. The Morgan fingerprint density at radius 3 is 2.55 bits per heavy atom. The predicted molar refractivity (Wildman–Crippen MR) is 114 cm³/mol. The molecule has 4 atom stereocenters. The average Bonchev–Trinajstić information content (AvgIpc) is 3.40. The fourth-order valence-electron chi connectivity index (χ4n) is 7.51. The second kappa shape index (κ2) is 6.23. The maximum Gasteiger partial charge on any atom is 0.223 e. The number of carbonyl (C=O) groups excluding carboxylic acids is 1. The lowest BCUT2D eigenvalue weighted by molar-refractivity contribution is -0.175. The standard InChI is InChI=1S/C25H34N2O2/c1-15-4-3-5-22-24(15)21(14-26(22)18-6-7-18)16(2)8-23(28)27-19-9-17-10-20(27)13-25(29,11-17)12-19/h3-5,16-21,29H,6-14H2,1-2H3. The van der Waals surface area contributed by atoms with Crippen molar-refractivity contribution in [1.82, 2.24) is 4.90 Å². The summed E-state index contributed by atoms with van der Waals surface area (Å²) in [4.78, 5) is 18.3. The number of fused-ring (bicyclic) bond motifs is 1. The fraction of sp³-hybridized carbons (Fsp3) is 0.720. The van der Waals surface area contributed by atoms with Crippen molar-refractivity contribution < 1.29 is 9.90 Å². The fourth-order valence-corrected chi connectivity index (χ4v) is 7.51. The minimum atomic E-state index is -0.481. The molecule has 4 bridgehead atoms. The van der Waals surface area contributed by atoms with Crippen LogP contribution in [0.2, 0.25) is 0 Å². The second-order valence-corrected chi connectivity index (χ2v) is 11.0. The van der Waals surface area contributed by atoms with Gasteiger partial charge in [0, 0.05) is 42.7 Å². The van der Waals surface area contributed by atoms with E-state index in [9.17, 15) is 9.90 Å². The van der Waals surface area contributed by atoms with Crippen LogP contribution < -0.4 is 4.90 Å². The summed E-state index contributed by atoms with van der Waals surface area (Å²) in [6, 6.07) is 8.00. The van der Waals surface area contributed by atoms with E-state index >= 15 is 0 Å². The first-order valence-electron chi connectivity index (χ1n) is 11.8. The molecule has 1 N–H and O–H groups in total. The molecule has 3 heterocycles. The van der Waals surface area contributed by atoms with Crippen molar-refractivity contribution in [2.45, 2.75) is 94.9 Å². The van der Waals surface area contributed by atoms with Gasteiger partial charge in [-0.1, -0.05) is 19.1 Å². The summed E-state index contributed by atoms with van der Waals surface area (Å²) in [5.74, 6) is 1.79. The highest BCUT2D eigenvalue weighted by atomic mass is 16.3. The van der Waals surface area contributed by atoms with E-state index in [0.717, 1.165) is 44.7 Å². The van der Waals surface area contributed by atoms with Gasteiger partial charge < -0.3 is 14.9 Å². The third-order valence-corrected chi connectivity index (χ3v) is 8.73. The Balaban J connectivity index is 1.21. The molecule has 0 aromatic heterocycles. The number of aryl methyl sites for hydroxylation is 1. The van der Waals surface area contributed by atoms with E-state index in [0.29, 0.717) is 30.1 Å². The van der Waals surface area contributed by atoms with E-state index in [1.54, 1.807) is 0 Å². The Labute approximate surface area is 174 Å². The van der Waals surface area contributed by atoms with Gasteiger partial charge in [-0.25, -0.2) is 0 Å². The molecule has 4 unspecified atom stereocenters. The molecule has 2 saturated heterocycles. The Morgan fingerprint density at radius 1 is 1.17 bits per heavy atom. The zero-order chi connectivity index (χ0) is 19.9. The van der Waals surface area contributed by atoms with Crippen molar-refractivity contribution >= 4 is 11.6 Å². The number of hydrogen-bond acceptors (Lipinski definition) is 3. The lowest BCUT2D eigenvalue weighted by atomic mass is 9.61. The third kappa shape index (κ3) is 2.85. The Kier molecular flexibility index (Phi) is 3.92. The van der Waals surface area contributed by atoms with Gasteiger partial charge in [0.1, 0.15) is 0 Å². The molecule has 3 aliphatic carbocycles. The molecule has 0 spiro atoms. The van der Waals surface area contributed by atoms with E-state index in [2.05, 4.69) is 41.8 Å². The van der Waals surface area contributed by atoms with E-state index < -0.39 is 5.60 Å². The first-order chi connectivity index (χ1) is 13.9. The van der Waals surface area contributed by atoms with Gasteiger partial charge in [0.25, 0.3) is 0 Å².